The number of nitrogens with zero attached hydrogens (tertiary/aromatic N) is 3. The van der Waals surface area contributed by atoms with Crippen LogP contribution in [0.4, 0.5) is 0 Å². The number of aromatic amines is 1. The molecule has 4 rings (SSSR count). The van der Waals surface area contributed by atoms with Crippen molar-refractivity contribution in [2.24, 2.45) is 0 Å². The Hall–Kier alpha value is -2.90. The van der Waals surface area contributed by atoms with Crippen molar-refractivity contribution in [2.75, 3.05) is 13.1 Å². The van der Waals surface area contributed by atoms with Crippen molar-refractivity contribution in [1.82, 2.24) is 14.9 Å². The molecule has 1 aromatic carbocycles. The van der Waals surface area contributed by atoms with Gasteiger partial charge in [-0.05, 0) is 41.8 Å². The smallest absolute Gasteiger partial charge is 0.137 e. The first-order valence-corrected chi connectivity index (χ1v) is 8.16. The zero-order valence-electron chi connectivity index (χ0n) is 13.4. The molecule has 0 aliphatic carbocycles. The van der Waals surface area contributed by atoms with Crippen molar-refractivity contribution in [2.45, 2.75) is 13.0 Å². The Morgan fingerprint density at radius 3 is 2.83 bits per heavy atom. The Bertz CT molecular complexity index is 928. The fourth-order valence-electron chi connectivity index (χ4n) is 3.26. The van der Waals surface area contributed by atoms with Gasteiger partial charge in [-0.25, -0.2) is 4.98 Å². The number of aromatic nitrogens is 2. The minimum absolute atomic E-state index is 0.715. The first-order valence-electron chi connectivity index (χ1n) is 8.16. The highest BCUT2D eigenvalue weighted by Gasteiger charge is 2.16. The van der Waals surface area contributed by atoms with Gasteiger partial charge in [0.25, 0.3) is 0 Å². The average molecular weight is 314 g/mol. The van der Waals surface area contributed by atoms with Gasteiger partial charge < -0.3 is 4.98 Å². The minimum atomic E-state index is 0.715. The molecule has 24 heavy (non-hydrogen) atoms. The van der Waals surface area contributed by atoms with E-state index >= 15 is 0 Å². The second kappa shape index (κ2) is 6.31. The van der Waals surface area contributed by atoms with Crippen LogP contribution in [0.2, 0.25) is 0 Å². The van der Waals surface area contributed by atoms with E-state index in [0.717, 1.165) is 31.7 Å². The van der Waals surface area contributed by atoms with E-state index in [1.165, 1.54) is 22.1 Å². The highest BCUT2D eigenvalue weighted by atomic mass is 15.1. The number of H-pyrrole nitrogens is 1. The first-order chi connectivity index (χ1) is 11.8. The highest BCUT2D eigenvalue weighted by Crippen LogP contribution is 2.28. The molecular formula is C20H18N4. The van der Waals surface area contributed by atoms with Crippen LogP contribution in [0.5, 0.6) is 0 Å². The maximum atomic E-state index is 8.87. The lowest BCUT2D eigenvalue weighted by molar-refractivity contribution is 0.294. The van der Waals surface area contributed by atoms with E-state index < -0.39 is 0 Å². The molecule has 3 heterocycles. The van der Waals surface area contributed by atoms with E-state index in [1.807, 2.05) is 36.5 Å². The van der Waals surface area contributed by atoms with Gasteiger partial charge in [-0.15, -0.1) is 0 Å². The van der Waals surface area contributed by atoms with Crippen LogP contribution in [0.25, 0.3) is 16.6 Å². The van der Waals surface area contributed by atoms with Gasteiger partial charge in [0, 0.05) is 43.0 Å². The topological polar surface area (TPSA) is 55.7 Å². The van der Waals surface area contributed by atoms with Crippen LogP contribution in [0.3, 0.4) is 0 Å². The molecule has 3 aromatic rings. The number of nitriles is 1. The summed E-state index contributed by atoms with van der Waals surface area (Å²) in [5, 5.41) is 10.1. The fourth-order valence-corrected chi connectivity index (χ4v) is 3.26. The molecule has 1 aliphatic heterocycles. The zero-order valence-corrected chi connectivity index (χ0v) is 13.4. The summed E-state index contributed by atoms with van der Waals surface area (Å²) in [7, 11) is 0. The second-order valence-electron chi connectivity index (χ2n) is 6.13. The minimum Gasteiger partial charge on any atom is -0.346 e. The number of pyridine rings is 1. The van der Waals surface area contributed by atoms with Gasteiger partial charge in [-0.3, -0.25) is 4.90 Å². The van der Waals surface area contributed by atoms with Gasteiger partial charge in [-0.2, -0.15) is 5.26 Å². The Morgan fingerprint density at radius 1 is 1.21 bits per heavy atom. The standard InChI is InChI=1S/C20H18N4/c21-12-15-3-5-16(6-4-15)14-24-10-7-17(8-11-24)19-13-23-20-18(19)2-1-9-22-20/h1-7,9,13H,8,10-11,14H2,(H,22,23). The zero-order chi connectivity index (χ0) is 16.4. The molecule has 118 valence electrons. The number of hydrogen-bond acceptors (Lipinski definition) is 3. The molecule has 1 aliphatic rings. The van der Waals surface area contributed by atoms with Crippen molar-refractivity contribution >= 4 is 16.6 Å². The van der Waals surface area contributed by atoms with Crippen molar-refractivity contribution in [3.63, 3.8) is 0 Å². The van der Waals surface area contributed by atoms with Crippen molar-refractivity contribution in [1.29, 1.82) is 5.26 Å². The second-order valence-corrected chi connectivity index (χ2v) is 6.13. The maximum absolute atomic E-state index is 8.87. The average Bonchev–Trinajstić information content (AvgIpc) is 3.07. The lowest BCUT2D eigenvalue weighted by Gasteiger charge is -2.26. The third kappa shape index (κ3) is 2.82. The molecule has 4 heteroatoms. The predicted molar refractivity (Wildman–Crippen MR) is 95.1 cm³/mol. The summed E-state index contributed by atoms with van der Waals surface area (Å²) in [5.74, 6) is 0. The van der Waals surface area contributed by atoms with E-state index in [0.29, 0.717) is 5.56 Å². The summed E-state index contributed by atoms with van der Waals surface area (Å²) in [6.07, 6.45) is 7.25. The molecule has 1 N–H and O–H groups in total. The van der Waals surface area contributed by atoms with Gasteiger partial charge in [0.2, 0.25) is 0 Å². The van der Waals surface area contributed by atoms with Crippen LogP contribution >= 0.6 is 0 Å². The van der Waals surface area contributed by atoms with Crippen LogP contribution in [-0.4, -0.2) is 28.0 Å². The number of nitrogens with one attached hydrogen (secondary N) is 1. The van der Waals surface area contributed by atoms with Gasteiger partial charge in [0.05, 0.1) is 11.6 Å². The van der Waals surface area contributed by atoms with Crippen LogP contribution in [0, 0.1) is 11.3 Å². The van der Waals surface area contributed by atoms with E-state index in [9.17, 15) is 0 Å². The van der Waals surface area contributed by atoms with Crippen LogP contribution in [0.1, 0.15) is 23.1 Å². The van der Waals surface area contributed by atoms with Crippen molar-refractivity contribution in [3.8, 4) is 6.07 Å². The molecule has 0 amide bonds. The molecule has 0 spiro atoms. The Morgan fingerprint density at radius 2 is 2.08 bits per heavy atom. The first kappa shape index (κ1) is 14.7. The monoisotopic (exact) mass is 314 g/mol. The summed E-state index contributed by atoms with van der Waals surface area (Å²) >= 11 is 0. The van der Waals surface area contributed by atoms with E-state index in [1.54, 1.807) is 0 Å². The van der Waals surface area contributed by atoms with Crippen molar-refractivity contribution in [3.05, 3.63) is 71.6 Å². The summed E-state index contributed by atoms with van der Waals surface area (Å²) in [4.78, 5) is 10.0. The third-order valence-electron chi connectivity index (χ3n) is 4.58. The molecule has 0 saturated carbocycles. The van der Waals surface area contributed by atoms with E-state index in [4.69, 9.17) is 5.26 Å². The summed E-state index contributed by atoms with van der Waals surface area (Å²) in [6, 6.07) is 14.1. The van der Waals surface area contributed by atoms with Crippen LogP contribution in [0.15, 0.2) is 54.9 Å². The molecule has 0 bridgehead atoms. The Balaban J connectivity index is 1.48. The molecule has 0 unspecified atom stereocenters. The van der Waals surface area contributed by atoms with Crippen LogP contribution < -0.4 is 0 Å². The normalized spacial score (nSPS) is 15.2. The van der Waals surface area contributed by atoms with Gasteiger partial charge in [-0.1, -0.05) is 18.2 Å². The quantitative estimate of drug-likeness (QED) is 0.801. The van der Waals surface area contributed by atoms with Crippen LogP contribution in [-0.2, 0) is 6.54 Å². The maximum Gasteiger partial charge on any atom is 0.137 e. The predicted octanol–water partition coefficient (Wildman–Crippen LogP) is 3.72. The Labute approximate surface area is 141 Å². The molecule has 4 nitrogen and oxygen atoms in total. The summed E-state index contributed by atoms with van der Waals surface area (Å²) < 4.78 is 0. The molecule has 0 radical (unpaired) electrons. The number of hydrogen-bond donors (Lipinski definition) is 1. The SMILES string of the molecule is N#Cc1ccc(CN2CC=C(c3c[nH]c4ncccc34)CC2)cc1. The summed E-state index contributed by atoms with van der Waals surface area (Å²) in [6.45, 7) is 2.91. The van der Waals surface area contributed by atoms with Gasteiger partial charge in [0.15, 0.2) is 0 Å². The van der Waals surface area contributed by atoms with E-state index in [2.05, 4.69) is 39.3 Å². The van der Waals surface area contributed by atoms with Gasteiger partial charge in [0.1, 0.15) is 5.65 Å². The molecule has 2 aromatic heterocycles. The molecule has 0 saturated heterocycles. The molecular weight excluding hydrogens is 296 g/mol. The summed E-state index contributed by atoms with van der Waals surface area (Å²) in [5.41, 5.74) is 5.59. The highest BCUT2D eigenvalue weighted by molar-refractivity contribution is 5.90. The van der Waals surface area contributed by atoms with Crippen molar-refractivity contribution < 1.29 is 0 Å². The number of fused-ring (bicyclic) bond motifs is 1. The largest absolute Gasteiger partial charge is 0.346 e. The number of rotatable bonds is 3. The lowest BCUT2D eigenvalue weighted by Crippen LogP contribution is -2.27. The third-order valence-corrected chi connectivity index (χ3v) is 4.58. The Kier molecular flexibility index (Phi) is 3.86. The lowest BCUT2D eigenvalue weighted by atomic mass is 9.99. The molecule has 0 atom stereocenters. The molecule has 0 fully saturated rings. The van der Waals surface area contributed by atoms with E-state index in [-0.39, 0.29) is 0 Å². The fraction of sp³-hybridized carbons (Fsp3) is 0.200. The van der Waals surface area contributed by atoms with Gasteiger partial charge >= 0.3 is 0 Å². The number of benzene rings is 1.